The Bertz CT molecular complexity index is 842. The first-order chi connectivity index (χ1) is 12.5. The monoisotopic (exact) mass is 354 g/mol. The number of nitrogens with zero attached hydrogens (tertiary/aromatic N) is 4. The molecule has 1 aliphatic heterocycles. The van der Waals surface area contributed by atoms with Gasteiger partial charge < -0.3 is 14.2 Å². The van der Waals surface area contributed by atoms with Gasteiger partial charge in [0, 0.05) is 6.54 Å². The van der Waals surface area contributed by atoms with Gasteiger partial charge in [-0.15, -0.1) is 10.2 Å². The molecule has 0 saturated heterocycles. The van der Waals surface area contributed by atoms with E-state index in [1.165, 1.54) is 12.7 Å². The normalized spacial score (nSPS) is 20.4. The zero-order valence-electron chi connectivity index (χ0n) is 15.0. The van der Waals surface area contributed by atoms with Crippen molar-refractivity contribution in [1.82, 2.24) is 19.7 Å². The molecule has 0 spiro atoms. The van der Waals surface area contributed by atoms with E-state index in [1.807, 2.05) is 25.1 Å². The number of carbonyl (C=O) groups excluding carboxylic acids is 2. The summed E-state index contributed by atoms with van der Waals surface area (Å²) in [6.45, 7) is 2.85. The topological polar surface area (TPSA) is 77.3 Å². The minimum Gasteiger partial charge on any atom is -0.468 e. The molecule has 0 N–H and O–H groups in total. The fraction of sp³-hybridized carbons (Fsp3) is 0.474. The summed E-state index contributed by atoms with van der Waals surface area (Å²) in [6.07, 6.45) is 1.90. The number of methoxy groups -OCH3 is 1. The highest BCUT2D eigenvalue weighted by Crippen LogP contribution is 2.49. The lowest BCUT2D eigenvalue weighted by Gasteiger charge is -2.35. The van der Waals surface area contributed by atoms with Crippen molar-refractivity contribution in [1.29, 1.82) is 0 Å². The smallest absolute Gasteiger partial charge is 0.321 e. The Morgan fingerprint density at radius 1 is 1.23 bits per heavy atom. The second-order valence-corrected chi connectivity index (χ2v) is 7.14. The van der Waals surface area contributed by atoms with Crippen molar-refractivity contribution >= 4 is 11.9 Å². The molecule has 0 radical (unpaired) electrons. The Balaban J connectivity index is 1.62. The average molecular weight is 354 g/mol. The number of carbonyl (C=O) groups is 2. The molecule has 136 valence electrons. The Morgan fingerprint density at radius 3 is 2.62 bits per heavy atom. The van der Waals surface area contributed by atoms with Crippen molar-refractivity contribution in [2.45, 2.75) is 38.8 Å². The molecule has 0 unspecified atom stereocenters. The summed E-state index contributed by atoms with van der Waals surface area (Å²) < 4.78 is 6.99. The molecule has 2 aliphatic rings. The first-order valence-corrected chi connectivity index (χ1v) is 8.87. The summed E-state index contributed by atoms with van der Waals surface area (Å²) in [5.41, 5.74) is 0.212. The zero-order chi connectivity index (χ0) is 18.3. The van der Waals surface area contributed by atoms with Gasteiger partial charge in [-0.2, -0.15) is 0 Å². The second kappa shape index (κ2) is 6.23. The van der Waals surface area contributed by atoms with Gasteiger partial charge in [-0.05, 0) is 31.7 Å². The van der Waals surface area contributed by atoms with Gasteiger partial charge in [0.05, 0.1) is 19.7 Å². The number of aromatic nitrogens is 3. The van der Waals surface area contributed by atoms with Crippen LogP contribution in [0.25, 0.3) is 0 Å². The molecule has 4 rings (SSSR count). The maximum atomic E-state index is 13.1. The molecule has 2 aromatic rings. The largest absolute Gasteiger partial charge is 0.468 e. The third-order valence-electron chi connectivity index (χ3n) is 5.40. The molecule has 7 heteroatoms. The summed E-state index contributed by atoms with van der Waals surface area (Å²) >= 11 is 0. The van der Waals surface area contributed by atoms with Crippen LogP contribution in [0.5, 0.6) is 0 Å². The molecule has 1 aliphatic carbocycles. The van der Waals surface area contributed by atoms with E-state index in [-0.39, 0.29) is 11.9 Å². The van der Waals surface area contributed by atoms with Crippen molar-refractivity contribution < 1.29 is 14.3 Å². The number of rotatable bonds is 4. The van der Waals surface area contributed by atoms with Crippen LogP contribution in [0.4, 0.5) is 0 Å². The van der Waals surface area contributed by atoms with Crippen molar-refractivity contribution in [3.05, 3.63) is 47.5 Å². The van der Waals surface area contributed by atoms with Gasteiger partial charge in [0.25, 0.3) is 0 Å². The highest BCUT2D eigenvalue weighted by molar-refractivity contribution is 6.05. The van der Waals surface area contributed by atoms with Crippen molar-refractivity contribution in [3.63, 3.8) is 0 Å². The molecule has 7 nitrogen and oxygen atoms in total. The molecule has 2 heterocycles. The van der Waals surface area contributed by atoms with Gasteiger partial charge in [-0.1, -0.05) is 30.3 Å². The highest BCUT2D eigenvalue weighted by Gasteiger charge is 2.59. The average Bonchev–Trinajstić information content (AvgIpc) is 3.39. The SMILES string of the molecule is COC(=O)C1(C(=O)N2Cc3nnc(C)n3[C@H](Cc3ccccc3)C2)CC1. The Hall–Kier alpha value is -2.70. The van der Waals surface area contributed by atoms with E-state index >= 15 is 0 Å². The van der Waals surface area contributed by atoms with Gasteiger partial charge >= 0.3 is 5.97 Å². The predicted octanol–water partition coefficient (Wildman–Crippen LogP) is 1.67. The van der Waals surface area contributed by atoms with E-state index in [9.17, 15) is 9.59 Å². The second-order valence-electron chi connectivity index (χ2n) is 7.14. The van der Waals surface area contributed by atoms with E-state index < -0.39 is 11.4 Å². The van der Waals surface area contributed by atoms with Crippen molar-refractivity contribution in [3.8, 4) is 0 Å². The van der Waals surface area contributed by atoms with Crippen LogP contribution in [0.3, 0.4) is 0 Å². The molecule has 26 heavy (non-hydrogen) atoms. The maximum absolute atomic E-state index is 13.1. The lowest BCUT2D eigenvalue weighted by molar-refractivity contribution is -0.157. The van der Waals surface area contributed by atoms with Gasteiger partial charge in [-0.3, -0.25) is 9.59 Å². The standard InChI is InChI=1S/C19H22N4O3/c1-13-20-21-16-12-22(17(24)19(8-9-19)18(25)26-2)11-15(23(13)16)10-14-6-4-3-5-7-14/h3-7,15H,8-12H2,1-2H3/t15-/m1/s1. The first kappa shape index (κ1) is 16.8. The molecule has 0 bridgehead atoms. The highest BCUT2D eigenvalue weighted by atomic mass is 16.5. The fourth-order valence-corrected chi connectivity index (χ4v) is 3.89. The lowest BCUT2D eigenvalue weighted by Crippen LogP contribution is -2.47. The van der Waals surface area contributed by atoms with Crippen LogP contribution in [0.1, 0.15) is 36.1 Å². The molecular formula is C19H22N4O3. The number of esters is 1. The number of fused-ring (bicyclic) bond motifs is 1. The van der Waals surface area contributed by atoms with Gasteiger partial charge in [-0.25, -0.2) is 0 Å². The van der Waals surface area contributed by atoms with E-state index in [4.69, 9.17) is 4.74 Å². The van der Waals surface area contributed by atoms with Crippen LogP contribution in [0, 0.1) is 12.3 Å². The summed E-state index contributed by atoms with van der Waals surface area (Å²) in [5.74, 6) is 1.05. The number of aryl methyl sites for hydroxylation is 1. The number of hydrogen-bond donors (Lipinski definition) is 0. The van der Waals surface area contributed by atoms with Crippen LogP contribution >= 0.6 is 0 Å². The summed E-state index contributed by atoms with van der Waals surface area (Å²) in [4.78, 5) is 26.9. The summed E-state index contributed by atoms with van der Waals surface area (Å²) in [5, 5.41) is 8.45. The maximum Gasteiger partial charge on any atom is 0.321 e. The number of ether oxygens (including phenoxy) is 1. The first-order valence-electron chi connectivity index (χ1n) is 8.87. The van der Waals surface area contributed by atoms with Gasteiger partial charge in [0.15, 0.2) is 5.82 Å². The number of hydrogen-bond acceptors (Lipinski definition) is 5. The molecular weight excluding hydrogens is 332 g/mol. The van der Waals surface area contributed by atoms with Crippen LogP contribution < -0.4 is 0 Å². The number of benzene rings is 1. The minimum atomic E-state index is -0.983. The van der Waals surface area contributed by atoms with E-state index in [0.29, 0.717) is 25.9 Å². The van der Waals surface area contributed by atoms with Crippen LogP contribution in [-0.4, -0.2) is 45.2 Å². The van der Waals surface area contributed by atoms with Crippen molar-refractivity contribution in [2.24, 2.45) is 5.41 Å². The van der Waals surface area contributed by atoms with E-state index in [1.54, 1.807) is 4.90 Å². The van der Waals surface area contributed by atoms with Gasteiger partial charge in [0.2, 0.25) is 5.91 Å². The van der Waals surface area contributed by atoms with Crippen molar-refractivity contribution in [2.75, 3.05) is 13.7 Å². The van der Waals surface area contributed by atoms with E-state index in [0.717, 1.165) is 18.1 Å². The third kappa shape index (κ3) is 2.67. The Labute approximate surface area is 152 Å². The Morgan fingerprint density at radius 2 is 1.96 bits per heavy atom. The minimum absolute atomic E-state index is 0.0496. The molecule has 1 saturated carbocycles. The molecule has 1 aromatic heterocycles. The Kier molecular flexibility index (Phi) is 4.01. The van der Waals surface area contributed by atoms with Crippen LogP contribution in [0.2, 0.25) is 0 Å². The quantitative estimate of drug-likeness (QED) is 0.616. The molecule has 1 amide bonds. The third-order valence-corrected chi connectivity index (χ3v) is 5.40. The summed E-state index contributed by atoms with van der Waals surface area (Å²) in [6, 6.07) is 10.2. The van der Waals surface area contributed by atoms with Crippen LogP contribution in [-0.2, 0) is 27.3 Å². The molecule has 1 fully saturated rings. The van der Waals surface area contributed by atoms with Gasteiger partial charge in [0.1, 0.15) is 11.2 Å². The lowest BCUT2D eigenvalue weighted by atomic mass is 10.0. The number of amides is 1. The zero-order valence-corrected chi connectivity index (χ0v) is 15.0. The van der Waals surface area contributed by atoms with Crippen LogP contribution in [0.15, 0.2) is 30.3 Å². The fourth-order valence-electron chi connectivity index (χ4n) is 3.89. The molecule has 1 atom stereocenters. The van der Waals surface area contributed by atoms with E-state index in [2.05, 4.69) is 26.9 Å². The molecule has 1 aromatic carbocycles. The summed E-state index contributed by atoms with van der Waals surface area (Å²) in [7, 11) is 1.34. The predicted molar refractivity (Wildman–Crippen MR) is 93.0 cm³/mol.